The van der Waals surface area contributed by atoms with Crippen LogP contribution in [0.15, 0.2) is 12.1 Å². The Balaban J connectivity index is 2.71. The molecule has 0 saturated carbocycles. The molecule has 0 fully saturated rings. The van der Waals surface area contributed by atoms with Crippen LogP contribution in [0.5, 0.6) is 0 Å². The minimum absolute atomic E-state index is 0.0134. The van der Waals surface area contributed by atoms with Crippen LogP contribution in [-0.4, -0.2) is 37.4 Å². The molecular formula is C11H12F3NO3. The predicted molar refractivity (Wildman–Crippen MR) is 56.5 cm³/mol. The molecule has 1 rings (SSSR count). The van der Waals surface area contributed by atoms with Gasteiger partial charge in [-0.25, -0.2) is 13.2 Å². The molecule has 0 aliphatic rings. The fourth-order valence-electron chi connectivity index (χ4n) is 1.26. The molecule has 1 amide bonds. The van der Waals surface area contributed by atoms with Crippen molar-refractivity contribution >= 4 is 5.91 Å². The van der Waals surface area contributed by atoms with Gasteiger partial charge in [-0.2, -0.15) is 0 Å². The van der Waals surface area contributed by atoms with E-state index in [4.69, 9.17) is 0 Å². The molecule has 0 aliphatic heterocycles. The Hall–Kier alpha value is -1.60. The SMILES string of the molecule is COCC(O)CNC(=O)c1ccc(F)c(F)c1F. The number of halogens is 3. The maximum Gasteiger partial charge on any atom is 0.254 e. The molecule has 1 atom stereocenters. The lowest BCUT2D eigenvalue weighted by molar-refractivity contribution is 0.0608. The van der Waals surface area contributed by atoms with E-state index in [1.54, 1.807) is 0 Å². The van der Waals surface area contributed by atoms with Gasteiger partial charge in [-0.3, -0.25) is 4.79 Å². The number of hydrogen-bond acceptors (Lipinski definition) is 3. The Bertz CT molecular complexity index is 440. The number of ether oxygens (including phenoxy) is 1. The van der Waals surface area contributed by atoms with Gasteiger partial charge >= 0.3 is 0 Å². The minimum atomic E-state index is -1.71. The van der Waals surface area contributed by atoms with Gasteiger partial charge in [-0.05, 0) is 12.1 Å². The van der Waals surface area contributed by atoms with Crippen LogP contribution in [0.1, 0.15) is 10.4 Å². The van der Waals surface area contributed by atoms with Crippen molar-refractivity contribution < 1.29 is 27.8 Å². The van der Waals surface area contributed by atoms with E-state index >= 15 is 0 Å². The van der Waals surface area contributed by atoms with E-state index in [9.17, 15) is 23.1 Å². The van der Waals surface area contributed by atoms with Crippen molar-refractivity contribution in [3.63, 3.8) is 0 Å². The molecule has 1 aromatic carbocycles. The van der Waals surface area contributed by atoms with Gasteiger partial charge in [0.25, 0.3) is 5.91 Å². The Labute approximate surface area is 101 Å². The van der Waals surface area contributed by atoms with Gasteiger partial charge in [0.2, 0.25) is 0 Å². The van der Waals surface area contributed by atoms with Gasteiger partial charge in [-0.15, -0.1) is 0 Å². The highest BCUT2D eigenvalue weighted by atomic mass is 19.2. The molecule has 4 nitrogen and oxygen atoms in total. The summed E-state index contributed by atoms with van der Waals surface area (Å²) in [7, 11) is 1.36. The van der Waals surface area contributed by atoms with E-state index < -0.39 is 35.0 Å². The molecule has 0 heterocycles. The van der Waals surface area contributed by atoms with E-state index in [-0.39, 0.29) is 13.2 Å². The maximum atomic E-state index is 13.2. The molecule has 1 unspecified atom stereocenters. The van der Waals surface area contributed by atoms with E-state index in [0.29, 0.717) is 6.07 Å². The van der Waals surface area contributed by atoms with E-state index in [1.807, 2.05) is 0 Å². The summed E-state index contributed by atoms with van der Waals surface area (Å²) >= 11 is 0. The van der Waals surface area contributed by atoms with Crippen LogP contribution >= 0.6 is 0 Å². The highest BCUT2D eigenvalue weighted by Gasteiger charge is 2.19. The summed E-state index contributed by atoms with van der Waals surface area (Å²) in [6.07, 6.45) is -0.965. The number of nitrogens with one attached hydrogen (secondary N) is 1. The van der Waals surface area contributed by atoms with Crippen LogP contribution in [0.3, 0.4) is 0 Å². The highest BCUT2D eigenvalue weighted by Crippen LogP contribution is 2.14. The fourth-order valence-corrected chi connectivity index (χ4v) is 1.26. The first-order valence-corrected chi connectivity index (χ1v) is 5.06. The van der Waals surface area contributed by atoms with E-state index in [0.717, 1.165) is 6.07 Å². The topological polar surface area (TPSA) is 58.6 Å². The number of carbonyl (C=O) groups is 1. The summed E-state index contributed by atoms with van der Waals surface area (Å²) < 4.78 is 43.3. The predicted octanol–water partition coefficient (Wildman–Crippen LogP) is 0.841. The lowest BCUT2D eigenvalue weighted by Crippen LogP contribution is -2.34. The van der Waals surface area contributed by atoms with Crippen LogP contribution < -0.4 is 5.32 Å². The van der Waals surface area contributed by atoms with Gasteiger partial charge in [0.1, 0.15) is 0 Å². The van der Waals surface area contributed by atoms with Gasteiger partial charge < -0.3 is 15.2 Å². The zero-order valence-corrected chi connectivity index (χ0v) is 9.54. The van der Waals surface area contributed by atoms with Crippen molar-refractivity contribution in [2.75, 3.05) is 20.3 Å². The van der Waals surface area contributed by atoms with Gasteiger partial charge in [0.05, 0.1) is 18.3 Å². The van der Waals surface area contributed by atoms with Crippen molar-refractivity contribution in [3.05, 3.63) is 35.1 Å². The zero-order chi connectivity index (χ0) is 13.7. The third-order valence-electron chi connectivity index (χ3n) is 2.14. The number of rotatable bonds is 5. The van der Waals surface area contributed by atoms with Crippen molar-refractivity contribution in [3.8, 4) is 0 Å². The Morgan fingerprint density at radius 3 is 2.67 bits per heavy atom. The number of amides is 1. The van der Waals surface area contributed by atoms with E-state index in [2.05, 4.69) is 10.1 Å². The number of hydrogen-bond donors (Lipinski definition) is 2. The first kappa shape index (κ1) is 14.5. The Kier molecular flexibility index (Phi) is 5.11. The quantitative estimate of drug-likeness (QED) is 0.774. The van der Waals surface area contributed by atoms with Gasteiger partial charge in [0, 0.05) is 13.7 Å². The molecule has 0 radical (unpaired) electrons. The molecular weight excluding hydrogens is 251 g/mol. The first-order valence-electron chi connectivity index (χ1n) is 5.06. The average Bonchev–Trinajstić information content (AvgIpc) is 2.34. The third-order valence-corrected chi connectivity index (χ3v) is 2.14. The van der Waals surface area contributed by atoms with Crippen LogP contribution in [-0.2, 0) is 4.74 Å². The highest BCUT2D eigenvalue weighted by molar-refractivity contribution is 5.94. The molecule has 0 spiro atoms. The lowest BCUT2D eigenvalue weighted by Gasteiger charge is -2.11. The fraction of sp³-hybridized carbons (Fsp3) is 0.364. The number of aliphatic hydroxyl groups is 1. The molecule has 0 saturated heterocycles. The summed E-state index contributed by atoms with van der Waals surface area (Å²) in [5.74, 6) is -5.58. The van der Waals surface area contributed by atoms with Gasteiger partial charge in [0.15, 0.2) is 17.5 Å². The van der Waals surface area contributed by atoms with Crippen LogP contribution in [0.2, 0.25) is 0 Å². The molecule has 0 aromatic heterocycles. The normalized spacial score (nSPS) is 12.3. The summed E-state index contributed by atoms with van der Waals surface area (Å²) in [5, 5.41) is 11.4. The van der Waals surface area contributed by atoms with Crippen LogP contribution in [0.4, 0.5) is 13.2 Å². The molecule has 18 heavy (non-hydrogen) atoms. The van der Waals surface area contributed by atoms with E-state index in [1.165, 1.54) is 7.11 Å². The molecule has 7 heteroatoms. The second kappa shape index (κ2) is 6.36. The smallest absolute Gasteiger partial charge is 0.254 e. The van der Waals surface area contributed by atoms with Crippen molar-refractivity contribution in [1.82, 2.24) is 5.32 Å². The largest absolute Gasteiger partial charge is 0.389 e. The average molecular weight is 263 g/mol. The Morgan fingerprint density at radius 1 is 1.39 bits per heavy atom. The third kappa shape index (κ3) is 3.44. The summed E-state index contributed by atoms with van der Waals surface area (Å²) in [6.45, 7) is -0.203. The van der Waals surface area contributed by atoms with Crippen LogP contribution in [0, 0.1) is 17.5 Å². The first-order chi connectivity index (χ1) is 8.47. The monoisotopic (exact) mass is 263 g/mol. The molecule has 0 bridgehead atoms. The summed E-state index contributed by atoms with van der Waals surface area (Å²) in [4.78, 5) is 11.4. The molecule has 2 N–H and O–H groups in total. The minimum Gasteiger partial charge on any atom is -0.389 e. The second-order valence-corrected chi connectivity index (χ2v) is 3.54. The number of methoxy groups -OCH3 is 1. The molecule has 1 aromatic rings. The second-order valence-electron chi connectivity index (χ2n) is 3.54. The lowest BCUT2D eigenvalue weighted by atomic mass is 10.2. The Morgan fingerprint density at radius 2 is 2.06 bits per heavy atom. The number of carbonyl (C=O) groups excluding carboxylic acids is 1. The summed E-state index contributed by atoms with van der Waals surface area (Å²) in [5.41, 5.74) is -0.626. The molecule has 0 aliphatic carbocycles. The van der Waals surface area contributed by atoms with Crippen LogP contribution in [0.25, 0.3) is 0 Å². The summed E-state index contributed by atoms with van der Waals surface area (Å²) in [6, 6.07) is 1.48. The molecule has 100 valence electrons. The van der Waals surface area contributed by atoms with Crippen molar-refractivity contribution in [1.29, 1.82) is 0 Å². The zero-order valence-electron chi connectivity index (χ0n) is 9.54. The van der Waals surface area contributed by atoms with Gasteiger partial charge in [-0.1, -0.05) is 0 Å². The number of benzene rings is 1. The standard InChI is InChI=1S/C11H12F3NO3/c1-18-5-6(16)4-15-11(17)7-2-3-8(12)10(14)9(7)13/h2-3,6,16H,4-5H2,1H3,(H,15,17). The van der Waals surface area contributed by atoms with Crippen molar-refractivity contribution in [2.45, 2.75) is 6.10 Å². The number of aliphatic hydroxyl groups excluding tert-OH is 1. The maximum absolute atomic E-state index is 13.2. The van der Waals surface area contributed by atoms with Crippen molar-refractivity contribution in [2.24, 2.45) is 0 Å².